The lowest BCUT2D eigenvalue weighted by Gasteiger charge is -2.35. The molecule has 2 saturated heterocycles. The molecule has 0 bridgehead atoms. The highest BCUT2D eigenvalue weighted by Crippen LogP contribution is 2.29. The van der Waals surface area contributed by atoms with Crippen LogP contribution in [0.3, 0.4) is 0 Å². The van der Waals surface area contributed by atoms with Crippen LogP contribution in [-0.2, 0) is 28.9 Å². The van der Waals surface area contributed by atoms with Crippen molar-refractivity contribution in [2.24, 2.45) is 0 Å². The Labute approximate surface area is 217 Å². The van der Waals surface area contributed by atoms with Crippen LogP contribution in [0.15, 0.2) is 18.2 Å². The molecule has 2 amide bonds. The molecule has 0 N–H and O–H groups in total. The molecule has 194 valence electrons. The fourth-order valence-electron chi connectivity index (χ4n) is 5.64. The Morgan fingerprint density at radius 1 is 1.11 bits per heavy atom. The fraction of sp³-hybridized carbons (Fsp3) is 0.593. The summed E-state index contributed by atoms with van der Waals surface area (Å²) >= 11 is 6.29. The Kier molecular flexibility index (Phi) is 7.26. The van der Waals surface area contributed by atoms with Gasteiger partial charge in [-0.2, -0.15) is 5.10 Å². The molecule has 8 nitrogen and oxygen atoms in total. The number of carbonyl (C=O) groups excluding carboxylic acids is 2. The van der Waals surface area contributed by atoms with Crippen LogP contribution in [0.4, 0.5) is 0 Å². The molecule has 2 aliphatic heterocycles. The molecular formula is C27H35ClN4O4. The highest BCUT2D eigenvalue weighted by Gasteiger charge is 2.33. The Morgan fingerprint density at radius 2 is 1.83 bits per heavy atom. The molecule has 0 radical (unpaired) electrons. The zero-order valence-corrected chi connectivity index (χ0v) is 22.1. The molecule has 2 aromatic rings. The maximum Gasteiger partial charge on any atom is 0.274 e. The van der Waals surface area contributed by atoms with E-state index in [2.05, 4.69) is 5.10 Å². The first-order chi connectivity index (χ1) is 17.3. The largest absolute Gasteiger partial charge is 0.489 e. The maximum atomic E-state index is 13.4. The summed E-state index contributed by atoms with van der Waals surface area (Å²) in [5, 5.41) is 5.29. The quantitative estimate of drug-likeness (QED) is 0.608. The molecule has 5 rings (SSSR count). The maximum absolute atomic E-state index is 13.4. The molecule has 36 heavy (non-hydrogen) atoms. The van der Waals surface area contributed by atoms with Gasteiger partial charge in [-0.05, 0) is 57.7 Å². The van der Waals surface area contributed by atoms with E-state index in [4.69, 9.17) is 21.1 Å². The van der Waals surface area contributed by atoms with E-state index in [0.717, 1.165) is 48.9 Å². The van der Waals surface area contributed by atoms with Crippen LogP contribution >= 0.6 is 11.6 Å². The summed E-state index contributed by atoms with van der Waals surface area (Å²) in [5.74, 6) is 0.691. The van der Waals surface area contributed by atoms with Crippen molar-refractivity contribution in [3.05, 3.63) is 45.7 Å². The van der Waals surface area contributed by atoms with E-state index in [0.29, 0.717) is 42.6 Å². The number of carbonyl (C=O) groups is 2. The predicted octanol–water partition coefficient (Wildman–Crippen LogP) is 3.65. The van der Waals surface area contributed by atoms with E-state index in [1.54, 1.807) is 4.68 Å². The van der Waals surface area contributed by atoms with E-state index in [1.807, 2.05) is 48.8 Å². The lowest BCUT2D eigenvalue weighted by molar-refractivity contribution is -0.133. The summed E-state index contributed by atoms with van der Waals surface area (Å²) in [6.07, 6.45) is 4.23. The minimum atomic E-state index is -0.0471. The Morgan fingerprint density at radius 3 is 2.56 bits per heavy atom. The van der Waals surface area contributed by atoms with Crippen LogP contribution in [0, 0.1) is 6.92 Å². The number of nitrogens with zero attached hydrogens (tertiary/aromatic N) is 4. The van der Waals surface area contributed by atoms with Crippen molar-refractivity contribution in [1.82, 2.24) is 19.6 Å². The number of halogens is 1. The second-order valence-electron chi connectivity index (χ2n) is 10.4. The average Bonchev–Trinajstić information content (AvgIpc) is 3.45. The van der Waals surface area contributed by atoms with E-state index in [9.17, 15) is 9.59 Å². The van der Waals surface area contributed by atoms with Gasteiger partial charge in [0.2, 0.25) is 5.91 Å². The van der Waals surface area contributed by atoms with Gasteiger partial charge in [-0.1, -0.05) is 17.7 Å². The molecule has 2 fully saturated rings. The number of ether oxygens (including phenoxy) is 2. The molecule has 1 aromatic heterocycles. The van der Waals surface area contributed by atoms with Crippen LogP contribution in [-0.4, -0.2) is 75.9 Å². The van der Waals surface area contributed by atoms with Gasteiger partial charge in [0.1, 0.15) is 18.4 Å². The molecule has 2 atom stereocenters. The first-order valence-corrected chi connectivity index (χ1v) is 13.4. The summed E-state index contributed by atoms with van der Waals surface area (Å²) in [4.78, 5) is 30.3. The highest BCUT2D eigenvalue weighted by atomic mass is 35.5. The third-order valence-electron chi connectivity index (χ3n) is 7.38. The van der Waals surface area contributed by atoms with Gasteiger partial charge in [0.25, 0.3) is 5.91 Å². The first kappa shape index (κ1) is 25.1. The van der Waals surface area contributed by atoms with Gasteiger partial charge in [0.15, 0.2) is 5.69 Å². The van der Waals surface area contributed by atoms with Crippen molar-refractivity contribution in [2.75, 3.05) is 26.2 Å². The normalized spacial score (nSPS) is 22.6. The van der Waals surface area contributed by atoms with Crippen LogP contribution < -0.4 is 4.74 Å². The third kappa shape index (κ3) is 5.25. The van der Waals surface area contributed by atoms with Crippen LogP contribution in [0.5, 0.6) is 5.75 Å². The summed E-state index contributed by atoms with van der Waals surface area (Å²) in [7, 11) is 0. The zero-order chi connectivity index (χ0) is 25.4. The van der Waals surface area contributed by atoms with Crippen molar-refractivity contribution in [3.8, 4) is 5.75 Å². The molecule has 0 saturated carbocycles. The third-order valence-corrected chi connectivity index (χ3v) is 7.69. The molecular weight excluding hydrogens is 480 g/mol. The minimum absolute atomic E-state index is 0.00302. The predicted molar refractivity (Wildman–Crippen MR) is 137 cm³/mol. The average molecular weight is 515 g/mol. The number of aromatic nitrogens is 2. The van der Waals surface area contributed by atoms with Gasteiger partial charge in [0, 0.05) is 50.3 Å². The Balaban J connectivity index is 1.22. The van der Waals surface area contributed by atoms with E-state index in [-0.39, 0.29) is 36.7 Å². The fourth-order valence-corrected chi connectivity index (χ4v) is 5.80. The summed E-state index contributed by atoms with van der Waals surface area (Å²) in [5.41, 5.74) is 3.66. The number of morpholine rings is 1. The number of hydrogen-bond donors (Lipinski definition) is 0. The number of benzene rings is 1. The zero-order valence-electron chi connectivity index (χ0n) is 21.3. The van der Waals surface area contributed by atoms with E-state index in [1.165, 1.54) is 0 Å². The molecule has 9 heteroatoms. The lowest BCUT2D eigenvalue weighted by atomic mass is 10.1. The van der Waals surface area contributed by atoms with Gasteiger partial charge in [0.05, 0.1) is 17.2 Å². The second-order valence-corrected chi connectivity index (χ2v) is 10.8. The smallest absolute Gasteiger partial charge is 0.274 e. The van der Waals surface area contributed by atoms with Crippen molar-refractivity contribution >= 4 is 23.4 Å². The van der Waals surface area contributed by atoms with Crippen molar-refractivity contribution in [2.45, 2.75) is 77.7 Å². The van der Waals surface area contributed by atoms with Crippen LogP contribution in [0.25, 0.3) is 0 Å². The number of hydrogen-bond acceptors (Lipinski definition) is 5. The van der Waals surface area contributed by atoms with E-state index >= 15 is 0 Å². The second kappa shape index (κ2) is 10.4. The first-order valence-electron chi connectivity index (χ1n) is 13.0. The van der Waals surface area contributed by atoms with Gasteiger partial charge < -0.3 is 19.3 Å². The molecule has 3 heterocycles. The van der Waals surface area contributed by atoms with Crippen molar-refractivity contribution in [1.29, 1.82) is 0 Å². The molecule has 1 aromatic carbocycles. The highest BCUT2D eigenvalue weighted by molar-refractivity contribution is 6.32. The SMILES string of the molecule is Cc1ccc(Cl)c(OC2CCN(C(=O)Cn3nc(C(=O)N4C[C@@H](C)O[C@@H](C)C4)c4c3CCC4)CC2)c1. The number of fused-ring (bicyclic) bond motifs is 1. The van der Waals surface area contributed by atoms with Crippen molar-refractivity contribution < 1.29 is 19.1 Å². The van der Waals surface area contributed by atoms with Crippen molar-refractivity contribution in [3.63, 3.8) is 0 Å². The summed E-state index contributed by atoms with van der Waals surface area (Å²) in [6.45, 7) is 8.54. The monoisotopic (exact) mass is 514 g/mol. The van der Waals surface area contributed by atoms with Crippen LogP contribution in [0.1, 0.15) is 60.4 Å². The molecule has 0 unspecified atom stereocenters. The number of aryl methyl sites for hydroxylation is 1. The van der Waals surface area contributed by atoms with Crippen LogP contribution in [0.2, 0.25) is 5.02 Å². The topological polar surface area (TPSA) is 76.9 Å². The molecule has 0 spiro atoms. The molecule has 3 aliphatic rings. The Hall–Kier alpha value is -2.58. The minimum Gasteiger partial charge on any atom is -0.489 e. The number of rotatable bonds is 5. The standard InChI is InChI=1S/C27H35ClN4O4/c1-17-7-8-22(28)24(13-17)36-20-9-11-30(12-10-20)25(33)16-32-23-6-4-5-21(23)26(29-32)27(34)31-14-18(2)35-19(3)15-31/h7-8,13,18-20H,4-6,9-12,14-16H2,1-3H3/t18-,19+. The van der Waals surface area contributed by atoms with Gasteiger partial charge in [-0.3, -0.25) is 14.3 Å². The molecule has 1 aliphatic carbocycles. The number of likely N-dealkylation sites (tertiary alicyclic amines) is 1. The summed E-state index contributed by atoms with van der Waals surface area (Å²) in [6, 6.07) is 5.77. The summed E-state index contributed by atoms with van der Waals surface area (Å²) < 4.78 is 13.7. The van der Waals surface area contributed by atoms with E-state index < -0.39 is 0 Å². The van der Waals surface area contributed by atoms with Gasteiger partial charge >= 0.3 is 0 Å². The number of amides is 2. The van der Waals surface area contributed by atoms with Gasteiger partial charge in [-0.15, -0.1) is 0 Å². The lowest BCUT2D eigenvalue weighted by Crippen LogP contribution is -2.48. The van der Waals surface area contributed by atoms with Gasteiger partial charge in [-0.25, -0.2) is 0 Å². The Bertz CT molecular complexity index is 1130. The number of piperidine rings is 1.